The molecule has 2 aromatic heterocycles. The predicted octanol–water partition coefficient (Wildman–Crippen LogP) is 3.53. The van der Waals surface area contributed by atoms with Crippen LogP contribution in [0.25, 0.3) is 0 Å². The zero-order chi connectivity index (χ0) is 22.2. The molecule has 0 aromatic carbocycles. The molecular formula is C23H26N6O2. The number of rotatable bonds is 7. The van der Waals surface area contributed by atoms with E-state index in [9.17, 15) is 14.9 Å². The summed E-state index contributed by atoms with van der Waals surface area (Å²) in [5.41, 5.74) is -0.164. The molecule has 1 atom stereocenters. The third-order valence-corrected chi connectivity index (χ3v) is 6.43. The molecule has 2 fully saturated rings. The second kappa shape index (κ2) is 7.73. The van der Waals surface area contributed by atoms with E-state index in [1.54, 1.807) is 23.4 Å². The van der Waals surface area contributed by atoms with Gasteiger partial charge in [0.05, 0.1) is 29.1 Å². The molecule has 160 valence electrons. The summed E-state index contributed by atoms with van der Waals surface area (Å²) in [7, 11) is 0. The van der Waals surface area contributed by atoms with Crippen molar-refractivity contribution in [2.24, 2.45) is 11.3 Å². The van der Waals surface area contributed by atoms with Crippen LogP contribution in [0.1, 0.15) is 52.1 Å². The number of nitrogens with one attached hydrogen (secondary N) is 1. The number of ketones is 1. The highest BCUT2D eigenvalue weighted by molar-refractivity contribution is 6.01. The Hall–Kier alpha value is -3.34. The minimum absolute atomic E-state index is 0.131. The smallest absolute Gasteiger partial charge is 0.248 e. The Morgan fingerprint density at radius 1 is 1.32 bits per heavy atom. The molecule has 1 aliphatic heterocycles. The SMILES string of the molecule is CCC(=O)C(C)(C)c1ccc(Nc2nccc(N3CC[C@@](C#N)(C4CC4)C3=O)n2)cn1. The number of carbonyl (C=O) groups excluding carboxylic acids is 2. The first-order chi connectivity index (χ1) is 14.8. The van der Waals surface area contributed by atoms with Crippen molar-refractivity contribution in [3.05, 3.63) is 36.3 Å². The van der Waals surface area contributed by atoms with Crippen LogP contribution in [0.4, 0.5) is 17.5 Å². The van der Waals surface area contributed by atoms with Crippen LogP contribution in [0, 0.1) is 22.7 Å². The Bertz CT molecular complexity index is 1050. The van der Waals surface area contributed by atoms with Crippen LogP contribution in [-0.4, -0.2) is 33.2 Å². The lowest BCUT2D eigenvalue weighted by atomic mass is 9.83. The summed E-state index contributed by atoms with van der Waals surface area (Å²) >= 11 is 0. The number of hydrogen-bond acceptors (Lipinski definition) is 7. The maximum atomic E-state index is 13.0. The molecule has 1 amide bonds. The van der Waals surface area contributed by atoms with Gasteiger partial charge in [-0.25, -0.2) is 4.98 Å². The molecule has 1 saturated carbocycles. The zero-order valence-corrected chi connectivity index (χ0v) is 18.1. The van der Waals surface area contributed by atoms with E-state index in [0.29, 0.717) is 42.5 Å². The third-order valence-electron chi connectivity index (χ3n) is 6.43. The van der Waals surface area contributed by atoms with Crippen LogP contribution >= 0.6 is 0 Å². The number of Topliss-reactive ketones (excluding diaryl/α,β-unsaturated/α-hetero) is 1. The average molecular weight is 419 g/mol. The van der Waals surface area contributed by atoms with Gasteiger partial charge in [-0.1, -0.05) is 6.92 Å². The number of nitrogens with zero attached hydrogens (tertiary/aromatic N) is 5. The van der Waals surface area contributed by atoms with Gasteiger partial charge in [0.15, 0.2) is 0 Å². The summed E-state index contributed by atoms with van der Waals surface area (Å²) in [6.45, 7) is 6.07. The molecule has 1 N–H and O–H groups in total. The van der Waals surface area contributed by atoms with Crippen LogP contribution in [0.2, 0.25) is 0 Å². The quantitative estimate of drug-likeness (QED) is 0.732. The molecule has 4 rings (SSSR count). The Morgan fingerprint density at radius 3 is 2.71 bits per heavy atom. The Balaban J connectivity index is 1.50. The largest absolute Gasteiger partial charge is 0.323 e. The number of carbonyl (C=O) groups is 2. The van der Waals surface area contributed by atoms with E-state index in [4.69, 9.17) is 0 Å². The number of pyridine rings is 1. The van der Waals surface area contributed by atoms with Gasteiger partial charge in [-0.15, -0.1) is 0 Å². The van der Waals surface area contributed by atoms with Crippen molar-refractivity contribution >= 4 is 29.1 Å². The van der Waals surface area contributed by atoms with E-state index in [0.717, 1.165) is 12.8 Å². The summed E-state index contributed by atoms with van der Waals surface area (Å²) in [6.07, 6.45) is 6.10. The molecule has 0 radical (unpaired) electrons. The minimum atomic E-state index is -0.902. The van der Waals surface area contributed by atoms with Crippen molar-refractivity contribution in [1.29, 1.82) is 5.26 Å². The van der Waals surface area contributed by atoms with E-state index in [1.807, 2.05) is 32.9 Å². The highest BCUT2D eigenvalue weighted by atomic mass is 16.2. The van der Waals surface area contributed by atoms with E-state index in [1.165, 1.54) is 0 Å². The van der Waals surface area contributed by atoms with Crippen LogP contribution in [0.15, 0.2) is 30.6 Å². The first kappa shape index (κ1) is 20.9. The van der Waals surface area contributed by atoms with Gasteiger partial charge in [-0.3, -0.25) is 19.5 Å². The van der Waals surface area contributed by atoms with Crippen molar-refractivity contribution < 1.29 is 9.59 Å². The van der Waals surface area contributed by atoms with Crippen molar-refractivity contribution in [3.63, 3.8) is 0 Å². The van der Waals surface area contributed by atoms with E-state index in [2.05, 4.69) is 26.3 Å². The Morgan fingerprint density at radius 2 is 2.10 bits per heavy atom. The van der Waals surface area contributed by atoms with Gasteiger partial charge in [-0.05, 0) is 57.2 Å². The molecule has 1 aliphatic carbocycles. The van der Waals surface area contributed by atoms with Gasteiger partial charge in [0, 0.05) is 19.2 Å². The number of hydrogen-bond donors (Lipinski definition) is 1. The molecule has 2 aromatic rings. The molecule has 31 heavy (non-hydrogen) atoms. The summed E-state index contributed by atoms with van der Waals surface area (Å²) in [6, 6.07) is 7.63. The first-order valence-electron chi connectivity index (χ1n) is 10.6. The first-order valence-corrected chi connectivity index (χ1v) is 10.6. The summed E-state index contributed by atoms with van der Waals surface area (Å²) in [4.78, 5) is 40.0. The van der Waals surface area contributed by atoms with Crippen molar-refractivity contribution in [2.75, 3.05) is 16.8 Å². The maximum Gasteiger partial charge on any atom is 0.248 e. The number of anilines is 3. The van der Waals surface area contributed by atoms with E-state index >= 15 is 0 Å². The van der Waals surface area contributed by atoms with Crippen molar-refractivity contribution in [2.45, 2.75) is 51.9 Å². The Labute approximate surface area is 181 Å². The topological polar surface area (TPSA) is 112 Å². The molecule has 1 saturated heterocycles. The highest BCUT2D eigenvalue weighted by Crippen LogP contribution is 2.51. The van der Waals surface area contributed by atoms with Crippen molar-refractivity contribution in [3.8, 4) is 6.07 Å². The molecule has 8 nitrogen and oxygen atoms in total. The van der Waals surface area contributed by atoms with E-state index < -0.39 is 10.8 Å². The fraction of sp³-hybridized carbons (Fsp3) is 0.478. The van der Waals surface area contributed by atoms with Crippen molar-refractivity contribution in [1.82, 2.24) is 15.0 Å². The second-order valence-electron chi connectivity index (χ2n) is 8.76. The fourth-order valence-electron chi connectivity index (χ4n) is 4.22. The molecule has 0 bridgehead atoms. The predicted molar refractivity (Wildman–Crippen MR) is 116 cm³/mol. The lowest BCUT2D eigenvalue weighted by Gasteiger charge is -2.22. The lowest BCUT2D eigenvalue weighted by Crippen LogP contribution is -2.35. The molecule has 3 heterocycles. The minimum Gasteiger partial charge on any atom is -0.323 e. The number of aromatic nitrogens is 3. The molecule has 0 spiro atoms. The average Bonchev–Trinajstić information content (AvgIpc) is 3.57. The summed E-state index contributed by atoms with van der Waals surface area (Å²) < 4.78 is 0. The van der Waals surface area contributed by atoms with Gasteiger partial charge >= 0.3 is 0 Å². The molecular weight excluding hydrogens is 392 g/mol. The normalized spacial score (nSPS) is 21.1. The Kier molecular flexibility index (Phi) is 5.21. The zero-order valence-electron chi connectivity index (χ0n) is 18.1. The highest BCUT2D eigenvalue weighted by Gasteiger charge is 2.57. The van der Waals surface area contributed by atoms with Gasteiger partial charge in [0.1, 0.15) is 17.0 Å². The number of nitriles is 1. The number of amides is 1. The fourth-order valence-corrected chi connectivity index (χ4v) is 4.22. The monoisotopic (exact) mass is 418 g/mol. The van der Waals surface area contributed by atoms with Crippen LogP contribution in [-0.2, 0) is 15.0 Å². The second-order valence-corrected chi connectivity index (χ2v) is 8.76. The van der Waals surface area contributed by atoms with Gasteiger partial charge < -0.3 is 5.32 Å². The van der Waals surface area contributed by atoms with Crippen LogP contribution in [0.3, 0.4) is 0 Å². The van der Waals surface area contributed by atoms with Gasteiger partial charge in [-0.2, -0.15) is 10.2 Å². The van der Waals surface area contributed by atoms with Gasteiger partial charge in [0.25, 0.3) is 0 Å². The summed E-state index contributed by atoms with van der Waals surface area (Å²) in [5, 5.41) is 12.8. The maximum absolute atomic E-state index is 13.0. The van der Waals surface area contributed by atoms with E-state index in [-0.39, 0.29) is 17.6 Å². The van der Waals surface area contributed by atoms with Gasteiger partial charge in [0.2, 0.25) is 11.9 Å². The lowest BCUT2D eigenvalue weighted by molar-refractivity contribution is -0.124. The molecule has 8 heteroatoms. The van der Waals surface area contributed by atoms with Crippen LogP contribution < -0.4 is 10.2 Å². The summed E-state index contributed by atoms with van der Waals surface area (Å²) in [5.74, 6) is 0.967. The molecule has 2 aliphatic rings. The standard InChI is InChI=1S/C23H26N6O2/c1-4-18(30)22(2,3)17-8-7-16(13-26-17)27-21-25-11-9-19(28-21)29-12-10-23(14-24,20(29)31)15-5-6-15/h7-9,11,13,15H,4-6,10,12H2,1-3H3,(H,25,27,28)/t23-/m1/s1. The molecule has 0 unspecified atom stereocenters. The van der Waals surface area contributed by atoms with Crippen LogP contribution in [0.5, 0.6) is 0 Å². The third kappa shape index (κ3) is 3.65.